The molecule has 0 aliphatic heterocycles. The molecule has 2 nitrogen and oxygen atoms in total. The van der Waals surface area contributed by atoms with Gasteiger partial charge in [-0.2, -0.15) is 0 Å². The number of hydrogen-bond donors (Lipinski definition) is 1. The van der Waals surface area contributed by atoms with Crippen LogP contribution in [0.15, 0.2) is 0 Å². The summed E-state index contributed by atoms with van der Waals surface area (Å²) in [6.45, 7) is 12.5. The Morgan fingerprint density at radius 1 is 0.971 bits per heavy atom. The van der Waals surface area contributed by atoms with Crippen LogP contribution in [0.4, 0.5) is 4.39 Å². The molecule has 3 heteroatoms. The van der Waals surface area contributed by atoms with Gasteiger partial charge in [-0.1, -0.05) is 72.6 Å². The Balaban J connectivity index is 1.69. The summed E-state index contributed by atoms with van der Waals surface area (Å²) in [6, 6.07) is 0. The fraction of sp³-hybridized carbons (Fsp3) is 0.969. The molecule has 2 saturated carbocycles. The fourth-order valence-electron chi connectivity index (χ4n) is 6.75. The summed E-state index contributed by atoms with van der Waals surface area (Å²) in [5.74, 6) is 4.33. The second-order valence-electron chi connectivity index (χ2n) is 13.6. The van der Waals surface area contributed by atoms with E-state index in [1.807, 2.05) is 0 Å². The maximum absolute atomic E-state index is 13.8. The predicted octanol–water partition coefficient (Wildman–Crippen LogP) is 9.33. The number of aliphatic hydroxyl groups excluding tert-OH is 1. The smallest absolute Gasteiger partial charge is 0.135 e. The normalized spacial score (nSPS) is 29.4. The highest BCUT2D eigenvalue weighted by atomic mass is 19.1. The molecule has 0 spiro atoms. The number of carbonyl (C=O) groups excluding carboxylic acids is 1. The molecule has 0 saturated heterocycles. The highest BCUT2D eigenvalue weighted by molar-refractivity contribution is 5.80. The zero-order valence-electron chi connectivity index (χ0n) is 24.2. The molecule has 206 valence electrons. The van der Waals surface area contributed by atoms with Crippen molar-refractivity contribution in [1.29, 1.82) is 0 Å². The van der Waals surface area contributed by atoms with Crippen LogP contribution < -0.4 is 0 Å². The molecule has 2 rings (SSSR count). The minimum absolute atomic E-state index is 0.147. The van der Waals surface area contributed by atoms with E-state index >= 15 is 0 Å². The lowest BCUT2D eigenvalue weighted by atomic mass is 9.75. The number of Topliss-reactive ketones (excluding diaryl/α,β-unsaturated/α-hetero) is 1. The van der Waals surface area contributed by atoms with E-state index in [0.717, 1.165) is 57.3 Å². The van der Waals surface area contributed by atoms with Crippen LogP contribution in [0.2, 0.25) is 0 Å². The van der Waals surface area contributed by atoms with Crippen molar-refractivity contribution in [2.75, 3.05) is 0 Å². The summed E-state index contributed by atoms with van der Waals surface area (Å²) in [5, 5.41) is 11.0. The summed E-state index contributed by atoms with van der Waals surface area (Å²) in [4.78, 5) is 12.9. The monoisotopic (exact) mass is 494 g/mol. The van der Waals surface area contributed by atoms with Gasteiger partial charge in [-0.25, -0.2) is 4.39 Å². The van der Waals surface area contributed by atoms with E-state index < -0.39 is 5.67 Å². The average molecular weight is 495 g/mol. The average Bonchev–Trinajstić information content (AvgIpc) is 2.82. The molecule has 2 aliphatic rings. The van der Waals surface area contributed by atoms with Crippen LogP contribution in [0, 0.1) is 41.4 Å². The van der Waals surface area contributed by atoms with Gasteiger partial charge in [0.2, 0.25) is 0 Å². The van der Waals surface area contributed by atoms with E-state index in [4.69, 9.17) is 0 Å². The Morgan fingerprint density at radius 3 is 2.14 bits per heavy atom. The number of alkyl halides is 1. The molecule has 0 aromatic carbocycles. The van der Waals surface area contributed by atoms with Gasteiger partial charge >= 0.3 is 0 Å². The second kappa shape index (κ2) is 15.1. The van der Waals surface area contributed by atoms with Gasteiger partial charge in [0.15, 0.2) is 0 Å². The van der Waals surface area contributed by atoms with Crippen LogP contribution >= 0.6 is 0 Å². The van der Waals surface area contributed by atoms with Gasteiger partial charge in [-0.15, -0.1) is 0 Å². The zero-order chi connectivity index (χ0) is 26.0. The molecule has 2 fully saturated rings. The number of halogens is 1. The Bertz CT molecular complexity index is 581. The molecule has 0 amide bonds. The molecule has 0 aromatic heterocycles. The molecular formula is C32H59FO2. The first kappa shape index (κ1) is 30.8. The van der Waals surface area contributed by atoms with Gasteiger partial charge in [0.05, 0.1) is 6.10 Å². The maximum atomic E-state index is 13.8. The van der Waals surface area contributed by atoms with Crippen molar-refractivity contribution in [2.45, 2.75) is 156 Å². The quantitative estimate of drug-likeness (QED) is 0.246. The van der Waals surface area contributed by atoms with Gasteiger partial charge in [0.1, 0.15) is 11.5 Å². The van der Waals surface area contributed by atoms with Crippen LogP contribution in [0.25, 0.3) is 0 Å². The fourth-order valence-corrected chi connectivity index (χ4v) is 6.75. The molecular weight excluding hydrogens is 435 g/mol. The molecule has 1 N–H and O–H groups in total. The van der Waals surface area contributed by atoms with E-state index in [1.54, 1.807) is 13.8 Å². The van der Waals surface area contributed by atoms with Crippen molar-refractivity contribution in [3.05, 3.63) is 0 Å². The maximum Gasteiger partial charge on any atom is 0.135 e. The number of hydrogen-bond acceptors (Lipinski definition) is 2. The van der Waals surface area contributed by atoms with Gasteiger partial charge in [0, 0.05) is 12.3 Å². The molecule has 35 heavy (non-hydrogen) atoms. The van der Waals surface area contributed by atoms with E-state index in [0.29, 0.717) is 41.8 Å². The van der Waals surface area contributed by atoms with Crippen LogP contribution in [-0.2, 0) is 4.79 Å². The molecule has 2 aliphatic carbocycles. The molecule has 4 atom stereocenters. The van der Waals surface area contributed by atoms with Gasteiger partial charge in [-0.3, -0.25) is 4.79 Å². The number of rotatable bonds is 15. The summed E-state index contributed by atoms with van der Waals surface area (Å²) >= 11 is 0. The standard InChI is InChI=1S/C32H59FO2/c1-7-24(3)29(22-31(35)28-17-11-23(2)12-18-28)10-8-9-25(4)30(34)21-27-15-13-26(14-16-27)19-20-32(5,6)33/h23-29,31,35H,7-22H2,1-6H3. The van der Waals surface area contributed by atoms with E-state index in [1.165, 1.54) is 44.9 Å². The summed E-state index contributed by atoms with van der Waals surface area (Å²) in [5.41, 5.74) is -1.05. The van der Waals surface area contributed by atoms with E-state index in [2.05, 4.69) is 27.7 Å². The first-order chi connectivity index (χ1) is 16.5. The predicted molar refractivity (Wildman–Crippen MR) is 147 cm³/mol. The molecule has 0 radical (unpaired) electrons. The highest BCUT2D eigenvalue weighted by Gasteiger charge is 2.29. The second-order valence-corrected chi connectivity index (χ2v) is 13.6. The van der Waals surface area contributed by atoms with Crippen molar-refractivity contribution < 1.29 is 14.3 Å². The molecule has 0 aromatic rings. The lowest BCUT2D eigenvalue weighted by Gasteiger charge is -2.33. The third kappa shape index (κ3) is 11.7. The van der Waals surface area contributed by atoms with Crippen molar-refractivity contribution in [1.82, 2.24) is 0 Å². The number of ketones is 1. The van der Waals surface area contributed by atoms with Gasteiger partial charge < -0.3 is 5.11 Å². The first-order valence-electron chi connectivity index (χ1n) is 15.4. The minimum Gasteiger partial charge on any atom is -0.393 e. The lowest BCUT2D eigenvalue weighted by molar-refractivity contribution is -0.123. The van der Waals surface area contributed by atoms with Gasteiger partial charge in [0.25, 0.3) is 0 Å². The minimum atomic E-state index is -1.05. The largest absolute Gasteiger partial charge is 0.393 e. The van der Waals surface area contributed by atoms with Gasteiger partial charge in [-0.05, 0) is 101 Å². The number of aliphatic hydroxyl groups is 1. The molecule has 4 unspecified atom stereocenters. The summed E-state index contributed by atoms with van der Waals surface area (Å²) in [6.07, 6.45) is 17.1. The molecule has 0 heterocycles. The third-order valence-corrected chi connectivity index (χ3v) is 9.96. The van der Waals surface area contributed by atoms with Crippen molar-refractivity contribution >= 4 is 5.78 Å². The zero-order valence-corrected chi connectivity index (χ0v) is 24.2. The topological polar surface area (TPSA) is 37.3 Å². The summed E-state index contributed by atoms with van der Waals surface area (Å²) < 4.78 is 13.8. The highest BCUT2D eigenvalue weighted by Crippen LogP contribution is 2.37. The molecule has 0 bridgehead atoms. The Labute approximate surface area is 217 Å². The SMILES string of the molecule is CCC(C)C(CCCC(C)C(=O)CC1CCC(CCC(C)(C)F)CC1)CC(O)C1CCC(C)CC1. The van der Waals surface area contributed by atoms with Crippen LogP contribution in [0.1, 0.15) is 144 Å². The van der Waals surface area contributed by atoms with Crippen LogP contribution in [0.3, 0.4) is 0 Å². The van der Waals surface area contributed by atoms with Crippen LogP contribution in [0.5, 0.6) is 0 Å². The van der Waals surface area contributed by atoms with E-state index in [-0.39, 0.29) is 12.0 Å². The third-order valence-electron chi connectivity index (χ3n) is 9.96. The van der Waals surface area contributed by atoms with Crippen molar-refractivity contribution in [2.24, 2.45) is 41.4 Å². The number of carbonyl (C=O) groups is 1. The Hall–Kier alpha value is -0.440. The first-order valence-corrected chi connectivity index (χ1v) is 15.4. The lowest BCUT2D eigenvalue weighted by Crippen LogP contribution is -2.29. The summed E-state index contributed by atoms with van der Waals surface area (Å²) in [7, 11) is 0. The Kier molecular flexibility index (Phi) is 13.3. The van der Waals surface area contributed by atoms with Crippen molar-refractivity contribution in [3.8, 4) is 0 Å². The van der Waals surface area contributed by atoms with E-state index in [9.17, 15) is 14.3 Å². The Morgan fingerprint density at radius 2 is 1.57 bits per heavy atom. The van der Waals surface area contributed by atoms with Crippen LogP contribution in [-0.4, -0.2) is 22.7 Å². The van der Waals surface area contributed by atoms with Crippen molar-refractivity contribution in [3.63, 3.8) is 0 Å².